The molecular formula is C12H14N4O3. The Kier molecular flexibility index (Phi) is 3.92. The SMILES string of the molecule is N#Cc1nc(N(CCO)C2CCC2)ccc1[N+](=O)[O-]. The molecule has 0 amide bonds. The smallest absolute Gasteiger partial charge is 0.305 e. The molecular weight excluding hydrogens is 248 g/mol. The lowest BCUT2D eigenvalue weighted by atomic mass is 9.91. The molecule has 1 saturated carbocycles. The van der Waals surface area contributed by atoms with Gasteiger partial charge in [-0.05, 0) is 25.3 Å². The summed E-state index contributed by atoms with van der Waals surface area (Å²) in [5, 5.41) is 28.8. The van der Waals surface area contributed by atoms with Crippen LogP contribution in [0.2, 0.25) is 0 Å². The molecule has 1 aliphatic carbocycles. The third-order valence-electron chi connectivity index (χ3n) is 3.31. The van der Waals surface area contributed by atoms with Crippen LogP contribution in [-0.2, 0) is 0 Å². The number of rotatable bonds is 5. The largest absolute Gasteiger partial charge is 0.395 e. The van der Waals surface area contributed by atoms with Gasteiger partial charge < -0.3 is 10.0 Å². The summed E-state index contributed by atoms with van der Waals surface area (Å²) in [6.45, 7) is 0.400. The molecule has 7 heteroatoms. The molecule has 0 aliphatic heterocycles. The third kappa shape index (κ3) is 2.63. The Morgan fingerprint density at radius 2 is 2.32 bits per heavy atom. The monoisotopic (exact) mass is 262 g/mol. The molecule has 1 heterocycles. The van der Waals surface area contributed by atoms with E-state index in [1.165, 1.54) is 12.1 Å². The van der Waals surface area contributed by atoms with Crippen LogP contribution < -0.4 is 4.90 Å². The average Bonchev–Trinajstić information content (AvgIpc) is 2.35. The van der Waals surface area contributed by atoms with E-state index < -0.39 is 4.92 Å². The summed E-state index contributed by atoms with van der Waals surface area (Å²) in [5.41, 5.74) is -0.478. The zero-order chi connectivity index (χ0) is 13.8. The highest BCUT2D eigenvalue weighted by Gasteiger charge is 2.27. The van der Waals surface area contributed by atoms with E-state index in [4.69, 9.17) is 10.4 Å². The number of nitriles is 1. The Hall–Kier alpha value is -2.20. The number of aliphatic hydroxyl groups is 1. The van der Waals surface area contributed by atoms with E-state index in [1.807, 2.05) is 4.90 Å². The highest BCUT2D eigenvalue weighted by molar-refractivity contribution is 5.52. The van der Waals surface area contributed by atoms with E-state index in [-0.39, 0.29) is 18.0 Å². The molecule has 7 nitrogen and oxygen atoms in total. The van der Waals surface area contributed by atoms with Gasteiger partial charge in [0.25, 0.3) is 0 Å². The van der Waals surface area contributed by atoms with Gasteiger partial charge in [0.15, 0.2) is 0 Å². The molecule has 2 rings (SSSR count). The van der Waals surface area contributed by atoms with Crippen molar-refractivity contribution in [2.24, 2.45) is 0 Å². The highest BCUT2D eigenvalue weighted by Crippen LogP contribution is 2.29. The van der Waals surface area contributed by atoms with Gasteiger partial charge in [-0.3, -0.25) is 10.1 Å². The number of pyridine rings is 1. The van der Waals surface area contributed by atoms with Crippen LogP contribution in [0.5, 0.6) is 0 Å². The molecule has 0 bridgehead atoms. The summed E-state index contributed by atoms with van der Waals surface area (Å²) in [5.74, 6) is 0.515. The maximum absolute atomic E-state index is 10.7. The van der Waals surface area contributed by atoms with Crippen molar-refractivity contribution < 1.29 is 10.0 Å². The molecule has 1 aromatic rings. The quantitative estimate of drug-likeness (QED) is 0.632. The molecule has 0 unspecified atom stereocenters. The van der Waals surface area contributed by atoms with Crippen molar-refractivity contribution in [3.8, 4) is 6.07 Å². The van der Waals surface area contributed by atoms with Crippen LogP contribution in [0.1, 0.15) is 25.0 Å². The van der Waals surface area contributed by atoms with Gasteiger partial charge in [0.05, 0.1) is 11.5 Å². The molecule has 1 fully saturated rings. The Bertz CT molecular complexity index is 522. The van der Waals surface area contributed by atoms with Crippen LogP contribution in [-0.4, -0.2) is 34.2 Å². The van der Waals surface area contributed by atoms with Crippen molar-refractivity contribution in [3.05, 3.63) is 27.9 Å². The zero-order valence-corrected chi connectivity index (χ0v) is 10.3. The molecule has 1 N–H and O–H groups in total. The Labute approximate surface area is 110 Å². The van der Waals surface area contributed by atoms with E-state index in [1.54, 1.807) is 6.07 Å². The van der Waals surface area contributed by atoms with Crippen LogP contribution >= 0.6 is 0 Å². The van der Waals surface area contributed by atoms with Crippen molar-refractivity contribution in [3.63, 3.8) is 0 Å². The van der Waals surface area contributed by atoms with E-state index >= 15 is 0 Å². The molecule has 1 aromatic heterocycles. The molecule has 1 aliphatic rings. The van der Waals surface area contributed by atoms with Crippen LogP contribution in [0.25, 0.3) is 0 Å². The zero-order valence-electron chi connectivity index (χ0n) is 10.3. The topological polar surface area (TPSA) is 103 Å². The van der Waals surface area contributed by atoms with Gasteiger partial charge in [-0.1, -0.05) is 0 Å². The summed E-state index contributed by atoms with van der Waals surface area (Å²) >= 11 is 0. The van der Waals surface area contributed by atoms with Crippen LogP contribution in [0.15, 0.2) is 12.1 Å². The first-order valence-corrected chi connectivity index (χ1v) is 6.10. The van der Waals surface area contributed by atoms with Gasteiger partial charge in [-0.25, -0.2) is 4.98 Å². The first-order valence-electron chi connectivity index (χ1n) is 6.10. The lowest BCUT2D eigenvalue weighted by Crippen LogP contribution is -2.42. The minimum absolute atomic E-state index is 0.0168. The average molecular weight is 262 g/mol. The van der Waals surface area contributed by atoms with E-state index in [0.29, 0.717) is 18.4 Å². The predicted octanol–water partition coefficient (Wildman–Crippen LogP) is 1.21. The number of hydrogen-bond acceptors (Lipinski definition) is 6. The maximum Gasteiger partial charge on any atom is 0.305 e. The van der Waals surface area contributed by atoms with Gasteiger partial charge in [0, 0.05) is 18.7 Å². The number of nitro groups is 1. The lowest BCUT2D eigenvalue weighted by molar-refractivity contribution is -0.385. The van der Waals surface area contributed by atoms with Crippen LogP contribution in [0.3, 0.4) is 0 Å². The molecule has 0 spiro atoms. The Morgan fingerprint density at radius 3 is 2.79 bits per heavy atom. The predicted molar refractivity (Wildman–Crippen MR) is 67.7 cm³/mol. The molecule has 0 radical (unpaired) electrons. The summed E-state index contributed by atoms with van der Waals surface area (Å²) in [6, 6.07) is 4.88. The van der Waals surface area contributed by atoms with E-state index in [0.717, 1.165) is 19.3 Å². The van der Waals surface area contributed by atoms with Crippen molar-refractivity contribution >= 4 is 11.5 Å². The van der Waals surface area contributed by atoms with Crippen molar-refractivity contribution in [2.45, 2.75) is 25.3 Å². The fourth-order valence-corrected chi connectivity index (χ4v) is 2.12. The molecule has 0 atom stereocenters. The summed E-state index contributed by atoms with van der Waals surface area (Å²) < 4.78 is 0. The second-order valence-corrected chi connectivity index (χ2v) is 4.41. The fraction of sp³-hybridized carbons (Fsp3) is 0.500. The van der Waals surface area contributed by atoms with Crippen molar-refractivity contribution in [1.82, 2.24) is 4.98 Å². The van der Waals surface area contributed by atoms with Crippen molar-refractivity contribution in [1.29, 1.82) is 5.26 Å². The first-order chi connectivity index (χ1) is 9.17. The number of aliphatic hydroxyl groups excluding tert-OH is 1. The van der Waals surface area contributed by atoms with E-state index in [2.05, 4.69) is 4.98 Å². The maximum atomic E-state index is 10.7. The highest BCUT2D eigenvalue weighted by atomic mass is 16.6. The van der Waals surface area contributed by atoms with E-state index in [9.17, 15) is 10.1 Å². The molecule has 0 saturated heterocycles. The number of aromatic nitrogens is 1. The van der Waals surface area contributed by atoms with Gasteiger partial charge in [0.2, 0.25) is 5.69 Å². The molecule has 19 heavy (non-hydrogen) atoms. The normalized spacial score (nSPS) is 14.5. The number of anilines is 1. The minimum atomic E-state index is -0.616. The molecule has 100 valence electrons. The van der Waals surface area contributed by atoms with Gasteiger partial charge >= 0.3 is 5.69 Å². The van der Waals surface area contributed by atoms with Crippen LogP contribution in [0, 0.1) is 21.4 Å². The standard InChI is InChI=1S/C12H14N4O3/c13-8-10-11(16(18)19)4-5-12(14-10)15(6-7-17)9-2-1-3-9/h4-5,9,17H,1-3,6-7H2. The lowest BCUT2D eigenvalue weighted by Gasteiger charge is -2.38. The van der Waals surface area contributed by atoms with Crippen molar-refractivity contribution in [2.75, 3.05) is 18.1 Å². The van der Waals surface area contributed by atoms with Gasteiger partial charge in [-0.2, -0.15) is 5.26 Å². The minimum Gasteiger partial charge on any atom is -0.395 e. The summed E-state index contributed by atoms with van der Waals surface area (Å²) in [6.07, 6.45) is 3.16. The fourth-order valence-electron chi connectivity index (χ4n) is 2.12. The van der Waals surface area contributed by atoms with Gasteiger partial charge in [0.1, 0.15) is 11.9 Å². The Morgan fingerprint density at radius 1 is 1.58 bits per heavy atom. The number of nitrogens with zero attached hydrogens (tertiary/aromatic N) is 4. The second kappa shape index (κ2) is 5.63. The Balaban J connectivity index is 2.32. The third-order valence-corrected chi connectivity index (χ3v) is 3.31. The second-order valence-electron chi connectivity index (χ2n) is 4.41. The summed E-state index contributed by atoms with van der Waals surface area (Å²) in [4.78, 5) is 16.1. The number of hydrogen-bond donors (Lipinski definition) is 1. The molecule has 0 aromatic carbocycles. The summed E-state index contributed by atoms with van der Waals surface area (Å²) in [7, 11) is 0. The first kappa shape index (κ1) is 13.2. The van der Waals surface area contributed by atoms with Crippen LogP contribution in [0.4, 0.5) is 11.5 Å². The van der Waals surface area contributed by atoms with Gasteiger partial charge in [-0.15, -0.1) is 0 Å².